The fourth-order valence-corrected chi connectivity index (χ4v) is 1.52. The van der Waals surface area contributed by atoms with E-state index in [-0.39, 0.29) is 3.92 Å². The summed E-state index contributed by atoms with van der Waals surface area (Å²) in [5, 5.41) is 8.67. The van der Waals surface area contributed by atoms with Crippen molar-refractivity contribution in [2.45, 2.75) is 10.3 Å². The number of hydrogen-bond acceptors (Lipinski definition) is 2. The number of alkyl halides is 1. The van der Waals surface area contributed by atoms with Gasteiger partial charge in [-0.25, -0.2) is 0 Å². The third-order valence-electron chi connectivity index (χ3n) is 1.63. The number of carboxylic acids is 1. The van der Waals surface area contributed by atoms with Crippen LogP contribution < -0.4 is 5.73 Å². The van der Waals surface area contributed by atoms with Crippen LogP contribution in [0.5, 0.6) is 0 Å². The van der Waals surface area contributed by atoms with Crippen LogP contribution in [0.3, 0.4) is 0 Å². The van der Waals surface area contributed by atoms with E-state index in [1.165, 1.54) is 0 Å². The molecule has 1 unspecified atom stereocenters. The van der Waals surface area contributed by atoms with E-state index in [9.17, 15) is 4.79 Å². The van der Waals surface area contributed by atoms with Crippen molar-refractivity contribution in [3.05, 3.63) is 29.8 Å². The molecule has 4 heteroatoms. The summed E-state index contributed by atoms with van der Waals surface area (Å²) in [6.07, 6.45) is 0.515. The van der Waals surface area contributed by atoms with Gasteiger partial charge in [-0.15, -0.1) is 0 Å². The topological polar surface area (TPSA) is 63.3 Å². The number of carbonyl (C=O) groups is 1. The largest absolute Gasteiger partial charge is 0.480 e. The molecule has 0 saturated carbocycles. The Bertz CT molecular complexity index is 314. The monoisotopic (exact) mass is 291 g/mol. The quantitative estimate of drug-likeness (QED) is 0.506. The van der Waals surface area contributed by atoms with Crippen LogP contribution in [0.4, 0.5) is 5.69 Å². The highest BCUT2D eigenvalue weighted by atomic mass is 127. The second-order valence-corrected chi connectivity index (χ2v) is 4.26. The Morgan fingerprint density at radius 1 is 1.62 bits per heavy atom. The Morgan fingerprint density at radius 3 is 2.85 bits per heavy atom. The smallest absolute Gasteiger partial charge is 0.316 e. The van der Waals surface area contributed by atoms with Crippen LogP contribution in [0, 0.1) is 0 Å². The highest BCUT2D eigenvalue weighted by molar-refractivity contribution is 14.1. The van der Waals surface area contributed by atoms with Crippen molar-refractivity contribution in [1.29, 1.82) is 0 Å². The van der Waals surface area contributed by atoms with Gasteiger partial charge in [0.1, 0.15) is 3.92 Å². The molecule has 0 aliphatic rings. The van der Waals surface area contributed by atoms with Crippen LogP contribution in [0.25, 0.3) is 0 Å². The number of nitrogen functional groups attached to an aromatic ring is 1. The standard InChI is InChI=1S/C9H10INO2/c10-8(9(12)13)5-6-2-1-3-7(11)4-6/h1-4,8H,5,11H2,(H,12,13). The van der Waals surface area contributed by atoms with E-state index in [0.29, 0.717) is 12.1 Å². The van der Waals surface area contributed by atoms with Gasteiger partial charge in [0.25, 0.3) is 0 Å². The van der Waals surface area contributed by atoms with Gasteiger partial charge in [-0.2, -0.15) is 0 Å². The molecule has 0 spiro atoms. The van der Waals surface area contributed by atoms with E-state index >= 15 is 0 Å². The summed E-state index contributed by atoms with van der Waals surface area (Å²) in [5.41, 5.74) is 7.19. The van der Waals surface area contributed by atoms with Gasteiger partial charge < -0.3 is 10.8 Å². The summed E-state index contributed by atoms with van der Waals surface area (Å²) in [6, 6.07) is 7.29. The van der Waals surface area contributed by atoms with Gasteiger partial charge in [-0.1, -0.05) is 34.7 Å². The average Bonchev–Trinajstić information content (AvgIpc) is 2.04. The fourth-order valence-electron chi connectivity index (χ4n) is 1.01. The third-order valence-corrected chi connectivity index (χ3v) is 2.61. The van der Waals surface area contributed by atoms with Crippen LogP contribution >= 0.6 is 22.6 Å². The Labute approximate surface area is 90.1 Å². The van der Waals surface area contributed by atoms with Crippen molar-refractivity contribution < 1.29 is 9.90 Å². The molecule has 3 nitrogen and oxygen atoms in total. The maximum atomic E-state index is 10.5. The lowest BCUT2D eigenvalue weighted by molar-refractivity contribution is -0.135. The predicted octanol–water partition coefficient (Wildman–Crippen LogP) is 1.70. The molecular weight excluding hydrogens is 281 g/mol. The fraction of sp³-hybridized carbons (Fsp3) is 0.222. The lowest BCUT2D eigenvalue weighted by Gasteiger charge is -2.04. The zero-order chi connectivity index (χ0) is 9.84. The molecule has 0 fully saturated rings. The van der Waals surface area contributed by atoms with Crippen molar-refractivity contribution in [3.63, 3.8) is 0 Å². The highest BCUT2D eigenvalue weighted by Gasteiger charge is 2.12. The van der Waals surface area contributed by atoms with E-state index in [4.69, 9.17) is 10.8 Å². The number of benzene rings is 1. The summed E-state index contributed by atoms with van der Waals surface area (Å²) >= 11 is 1.91. The van der Waals surface area contributed by atoms with Crippen LogP contribution in [-0.2, 0) is 11.2 Å². The Morgan fingerprint density at radius 2 is 2.31 bits per heavy atom. The summed E-state index contributed by atoms with van der Waals surface area (Å²) in [4.78, 5) is 10.5. The second-order valence-electron chi connectivity index (χ2n) is 2.75. The van der Waals surface area contributed by atoms with Crippen LogP contribution in [0.15, 0.2) is 24.3 Å². The van der Waals surface area contributed by atoms with Gasteiger partial charge in [0.2, 0.25) is 0 Å². The Hall–Kier alpha value is -0.780. The van der Waals surface area contributed by atoms with E-state index < -0.39 is 5.97 Å². The highest BCUT2D eigenvalue weighted by Crippen LogP contribution is 2.13. The first-order chi connectivity index (χ1) is 6.09. The zero-order valence-corrected chi connectivity index (χ0v) is 9.06. The molecule has 1 aromatic rings. The molecule has 0 aliphatic heterocycles. The molecule has 0 amide bonds. The first kappa shape index (κ1) is 10.3. The molecule has 0 radical (unpaired) electrons. The molecule has 0 heterocycles. The van der Waals surface area contributed by atoms with Crippen molar-refractivity contribution in [3.8, 4) is 0 Å². The van der Waals surface area contributed by atoms with Crippen molar-refractivity contribution in [2.75, 3.05) is 5.73 Å². The minimum absolute atomic E-state index is 0.389. The number of nitrogens with two attached hydrogens (primary N) is 1. The first-order valence-corrected chi connectivity index (χ1v) is 5.05. The number of carboxylic acid groups (broad SMARTS) is 1. The second kappa shape index (κ2) is 4.45. The number of anilines is 1. The van der Waals surface area contributed by atoms with Gasteiger partial charge in [-0.05, 0) is 24.1 Å². The van der Waals surface area contributed by atoms with Crippen LogP contribution in [0.1, 0.15) is 5.56 Å². The minimum atomic E-state index is -0.789. The Balaban J connectivity index is 2.69. The van der Waals surface area contributed by atoms with Crippen LogP contribution in [0.2, 0.25) is 0 Å². The maximum Gasteiger partial charge on any atom is 0.316 e. The average molecular weight is 291 g/mol. The lowest BCUT2D eigenvalue weighted by Crippen LogP contribution is -2.15. The molecule has 0 aromatic heterocycles. The SMILES string of the molecule is Nc1cccc(CC(I)C(=O)O)c1. The first-order valence-electron chi connectivity index (χ1n) is 3.81. The molecule has 1 atom stereocenters. The molecule has 1 aromatic carbocycles. The summed E-state index contributed by atoms with van der Waals surface area (Å²) < 4.78 is -0.389. The van der Waals surface area contributed by atoms with Crippen molar-refractivity contribution >= 4 is 34.2 Å². The van der Waals surface area contributed by atoms with E-state index in [2.05, 4.69) is 0 Å². The van der Waals surface area contributed by atoms with Gasteiger partial charge in [0, 0.05) is 5.69 Å². The number of rotatable bonds is 3. The number of hydrogen-bond donors (Lipinski definition) is 2. The maximum absolute atomic E-state index is 10.5. The van der Waals surface area contributed by atoms with Crippen molar-refractivity contribution in [1.82, 2.24) is 0 Å². The lowest BCUT2D eigenvalue weighted by atomic mass is 10.1. The molecule has 1 rings (SSSR count). The molecule has 13 heavy (non-hydrogen) atoms. The zero-order valence-electron chi connectivity index (χ0n) is 6.90. The molecular formula is C9H10INO2. The summed E-state index contributed by atoms with van der Waals surface area (Å²) in [6.45, 7) is 0. The van der Waals surface area contributed by atoms with Gasteiger partial charge >= 0.3 is 5.97 Å². The van der Waals surface area contributed by atoms with Gasteiger partial charge in [0.15, 0.2) is 0 Å². The number of halogens is 1. The number of aliphatic carboxylic acids is 1. The minimum Gasteiger partial charge on any atom is -0.480 e. The molecule has 0 saturated heterocycles. The Kier molecular flexibility index (Phi) is 3.53. The molecule has 3 N–H and O–H groups in total. The molecule has 70 valence electrons. The predicted molar refractivity (Wildman–Crippen MR) is 60.0 cm³/mol. The normalized spacial score (nSPS) is 12.4. The van der Waals surface area contributed by atoms with E-state index in [1.807, 2.05) is 34.7 Å². The molecule has 0 bridgehead atoms. The van der Waals surface area contributed by atoms with E-state index in [0.717, 1.165) is 5.56 Å². The molecule has 0 aliphatic carbocycles. The van der Waals surface area contributed by atoms with E-state index in [1.54, 1.807) is 12.1 Å². The summed E-state index contributed by atoms with van der Waals surface area (Å²) in [5.74, 6) is -0.789. The van der Waals surface area contributed by atoms with Gasteiger partial charge in [-0.3, -0.25) is 4.79 Å². The van der Waals surface area contributed by atoms with Gasteiger partial charge in [0.05, 0.1) is 0 Å². The van der Waals surface area contributed by atoms with Crippen molar-refractivity contribution in [2.24, 2.45) is 0 Å². The third kappa shape index (κ3) is 3.22. The summed E-state index contributed by atoms with van der Waals surface area (Å²) in [7, 11) is 0. The van der Waals surface area contributed by atoms with Crippen LogP contribution in [-0.4, -0.2) is 15.0 Å².